The molecule has 2 N–H and O–H groups in total. The van der Waals surface area contributed by atoms with Gasteiger partial charge in [0.2, 0.25) is 10.0 Å². The molecule has 1 heterocycles. The zero-order valence-corrected chi connectivity index (χ0v) is 10.0. The van der Waals surface area contributed by atoms with Gasteiger partial charge in [-0.3, -0.25) is 0 Å². The molecule has 0 saturated carbocycles. The van der Waals surface area contributed by atoms with E-state index in [-0.39, 0.29) is 18.3 Å². The summed E-state index contributed by atoms with van der Waals surface area (Å²) in [6, 6.07) is 0. The van der Waals surface area contributed by atoms with Crippen LogP contribution in [-0.2, 0) is 10.0 Å². The third-order valence-electron chi connectivity index (χ3n) is 1.84. The molecule has 0 aliphatic rings. The lowest BCUT2D eigenvalue weighted by Gasteiger charge is -2.09. The van der Waals surface area contributed by atoms with Gasteiger partial charge in [-0.2, -0.15) is 0 Å². The maximum Gasteiger partial charge on any atom is 0.213 e. The number of aliphatic hydroxyl groups is 1. The molecule has 0 aliphatic heterocycles. The van der Waals surface area contributed by atoms with Crippen molar-refractivity contribution in [3.63, 3.8) is 0 Å². The van der Waals surface area contributed by atoms with Crippen molar-refractivity contribution in [2.75, 3.05) is 18.9 Å². The van der Waals surface area contributed by atoms with E-state index in [0.29, 0.717) is 6.54 Å². The Morgan fingerprint density at radius 3 is 2.93 bits per heavy atom. The van der Waals surface area contributed by atoms with E-state index in [9.17, 15) is 8.42 Å². The molecule has 15 heavy (non-hydrogen) atoms. The van der Waals surface area contributed by atoms with E-state index in [4.69, 9.17) is 5.11 Å². The highest BCUT2D eigenvalue weighted by atomic mass is 32.2. The predicted octanol–water partition coefficient (Wildman–Crippen LogP) is 0.158. The molecule has 1 rings (SSSR count). The fourth-order valence-electron chi connectivity index (χ4n) is 1.01. The number of sulfonamides is 1. The molecule has 0 fully saturated rings. The normalized spacial score (nSPS) is 14.0. The van der Waals surface area contributed by atoms with Crippen LogP contribution in [0, 0.1) is 0 Å². The molecular weight excluding hydrogens is 236 g/mol. The van der Waals surface area contributed by atoms with Crippen LogP contribution < -0.4 is 4.72 Å². The first-order chi connectivity index (χ1) is 7.05. The van der Waals surface area contributed by atoms with Crippen molar-refractivity contribution in [1.82, 2.24) is 9.71 Å². The second kappa shape index (κ2) is 5.55. The average molecular weight is 250 g/mol. The first-order valence-electron chi connectivity index (χ1n) is 4.53. The lowest BCUT2D eigenvalue weighted by molar-refractivity contribution is 0.319. The summed E-state index contributed by atoms with van der Waals surface area (Å²) in [5.74, 6) is -0.198. The molecule has 1 atom stereocenters. The lowest BCUT2D eigenvalue weighted by atomic mass is 10.2. The number of aliphatic hydroxyl groups excluding tert-OH is 1. The minimum Gasteiger partial charge on any atom is -0.395 e. The molecule has 0 aromatic carbocycles. The Morgan fingerprint density at radius 1 is 1.67 bits per heavy atom. The van der Waals surface area contributed by atoms with Gasteiger partial charge < -0.3 is 5.11 Å². The molecule has 0 bridgehead atoms. The summed E-state index contributed by atoms with van der Waals surface area (Å²) in [6.07, 6.45) is 1.69. The van der Waals surface area contributed by atoms with Gasteiger partial charge in [0.1, 0.15) is 0 Å². The van der Waals surface area contributed by atoms with Gasteiger partial charge in [-0.15, -0.1) is 11.3 Å². The van der Waals surface area contributed by atoms with Gasteiger partial charge in [-0.1, -0.05) is 6.92 Å². The Kier molecular flexibility index (Phi) is 4.65. The van der Waals surface area contributed by atoms with Crippen molar-refractivity contribution in [3.05, 3.63) is 16.6 Å². The number of rotatable bonds is 6. The predicted molar refractivity (Wildman–Crippen MR) is 59.4 cm³/mol. The Hall–Kier alpha value is -0.500. The van der Waals surface area contributed by atoms with E-state index in [1.807, 2.05) is 12.3 Å². The van der Waals surface area contributed by atoms with Gasteiger partial charge in [0.25, 0.3) is 0 Å². The molecule has 86 valence electrons. The van der Waals surface area contributed by atoms with E-state index in [2.05, 4.69) is 9.71 Å². The first-order valence-corrected chi connectivity index (χ1v) is 7.06. The topological polar surface area (TPSA) is 79.3 Å². The van der Waals surface area contributed by atoms with Crippen molar-refractivity contribution in [3.8, 4) is 0 Å². The van der Waals surface area contributed by atoms with Crippen LogP contribution >= 0.6 is 11.3 Å². The first kappa shape index (κ1) is 12.6. The average Bonchev–Trinajstić information content (AvgIpc) is 2.67. The number of nitrogens with one attached hydrogen (secondary N) is 1. The van der Waals surface area contributed by atoms with Gasteiger partial charge >= 0.3 is 0 Å². The van der Waals surface area contributed by atoms with E-state index >= 15 is 0 Å². The van der Waals surface area contributed by atoms with Crippen molar-refractivity contribution in [2.24, 2.45) is 0 Å². The summed E-state index contributed by atoms with van der Waals surface area (Å²) in [4.78, 5) is 4.10. The van der Waals surface area contributed by atoms with Gasteiger partial charge in [0.05, 0.1) is 17.4 Å². The van der Waals surface area contributed by atoms with Crippen LogP contribution in [0.4, 0.5) is 0 Å². The maximum absolute atomic E-state index is 11.2. The van der Waals surface area contributed by atoms with Gasteiger partial charge in [-0.05, 0) is 0 Å². The summed E-state index contributed by atoms with van der Waals surface area (Å²) in [7, 11) is -3.34. The molecule has 1 aromatic rings. The highest BCUT2D eigenvalue weighted by Crippen LogP contribution is 2.16. The largest absolute Gasteiger partial charge is 0.395 e. The van der Waals surface area contributed by atoms with Crippen LogP contribution in [0.2, 0.25) is 0 Å². The molecule has 1 aromatic heterocycles. The number of hydrogen-bond donors (Lipinski definition) is 2. The second-order valence-electron chi connectivity index (χ2n) is 3.16. The molecule has 1 unspecified atom stereocenters. The molecule has 7 heteroatoms. The van der Waals surface area contributed by atoms with E-state index in [1.54, 1.807) is 6.20 Å². The quantitative estimate of drug-likeness (QED) is 0.753. The zero-order chi connectivity index (χ0) is 11.3. The Balaban J connectivity index is 2.44. The van der Waals surface area contributed by atoms with Crippen LogP contribution in [0.25, 0.3) is 0 Å². The van der Waals surface area contributed by atoms with E-state index in [1.165, 1.54) is 11.3 Å². The zero-order valence-electron chi connectivity index (χ0n) is 8.38. The van der Waals surface area contributed by atoms with Gasteiger partial charge in [0, 0.05) is 24.0 Å². The maximum atomic E-state index is 11.2. The van der Waals surface area contributed by atoms with Crippen molar-refractivity contribution < 1.29 is 13.5 Å². The smallest absolute Gasteiger partial charge is 0.213 e. The fraction of sp³-hybridized carbons (Fsp3) is 0.625. The van der Waals surface area contributed by atoms with E-state index in [0.717, 1.165) is 5.01 Å². The minimum atomic E-state index is -3.34. The third kappa shape index (κ3) is 4.25. The summed E-state index contributed by atoms with van der Waals surface area (Å²) >= 11 is 1.50. The van der Waals surface area contributed by atoms with Crippen molar-refractivity contribution >= 4 is 21.4 Å². The third-order valence-corrected chi connectivity index (χ3v) is 4.18. The van der Waals surface area contributed by atoms with Gasteiger partial charge in [0.15, 0.2) is 0 Å². The highest BCUT2D eigenvalue weighted by molar-refractivity contribution is 7.89. The summed E-state index contributed by atoms with van der Waals surface area (Å²) in [5.41, 5.74) is 0. The van der Waals surface area contributed by atoms with Crippen molar-refractivity contribution in [2.45, 2.75) is 12.8 Å². The number of aromatic nitrogens is 1. The van der Waals surface area contributed by atoms with Gasteiger partial charge in [-0.25, -0.2) is 18.1 Å². The number of thiazole rings is 1. The van der Waals surface area contributed by atoms with Crippen LogP contribution in [0.5, 0.6) is 0 Å². The molecular formula is C8H14N2O3S2. The van der Waals surface area contributed by atoms with Crippen LogP contribution in [0.1, 0.15) is 17.8 Å². The Labute approximate surface area is 93.2 Å². The molecule has 0 aliphatic carbocycles. The van der Waals surface area contributed by atoms with E-state index < -0.39 is 10.0 Å². The molecule has 5 nitrogen and oxygen atoms in total. The van der Waals surface area contributed by atoms with Crippen LogP contribution in [-0.4, -0.2) is 37.4 Å². The second-order valence-corrected chi connectivity index (χ2v) is 6.01. The standard InChI is InChI=1S/C8H14N2O3S2/c1-7(8-9-2-4-14-8)6-10-15(12,13)5-3-11/h2,4,7,10-11H,3,5-6H2,1H3. The molecule has 0 radical (unpaired) electrons. The molecule has 0 amide bonds. The SMILES string of the molecule is CC(CNS(=O)(=O)CCO)c1nccs1. The monoisotopic (exact) mass is 250 g/mol. The number of hydrogen-bond acceptors (Lipinski definition) is 5. The molecule has 0 saturated heterocycles. The fourth-order valence-corrected chi connectivity index (χ4v) is 2.60. The Morgan fingerprint density at radius 2 is 2.40 bits per heavy atom. The van der Waals surface area contributed by atoms with Crippen LogP contribution in [0.15, 0.2) is 11.6 Å². The summed E-state index contributed by atoms with van der Waals surface area (Å²) in [5, 5.41) is 11.3. The Bertz CT molecular complexity index is 375. The highest BCUT2D eigenvalue weighted by Gasteiger charge is 2.13. The van der Waals surface area contributed by atoms with Crippen molar-refractivity contribution in [1.29, 1.82) is 0 Å². The van der Waals surface area contributed by atoms with Crippen LogP contribution in [0.3, 0.4) is 0 Å². The summed E-state index contributed by atoms with van der Waals surface area (Å²) < 4.78 is 24.9. The number of nitrogens with zero attached hydrogens (tertiary/aromatic N) is 1. The molecule has 0 spiro atoms. The lowest BCUT2D eigenvalue weighted by Crippen LogP contribution is -2.30. The summed E-state index contributed by atoms with van der Waals surface area (Å²) in [6.45, 7) is 1.86. The minimum absolute atomic E-state index is 0.0541.